The first-order valence-electron chi connectivity index (χ1n) is 10.5. The van der Waals surface area contributed by atoms with E-state index in [0.29, 0.717) is 47.0 Å². The molecule has 3 aromatic rings. The Morgan fingerprint density at radius 1 is 1.06 bits per heavy atom. The molecule has 0 aliphatic carbocycles. The van der Waals surface area contributed by atoms with Crippen molar-refractivity contribution >= 4 is 17.7 Å². The van der Waals surface area contributed by atoms with E-state index in [4.69, 9.17) is 11.5 Å². The van der Waals surface area contributed by atoms with Gasteiger partial charge in [-0.05, 0) is 38.2 Å². The number of anilines is 2. The lowest BCUT2D eigenvalue weighted by molar-refractivity contribution is 0.0659. The molecule has 0 unspecified atom stereocenters. The summed E-state index contributed by atoms with van der Waals surface area (Å²) >= 11 is 0. The van der Waals surface area contributed by atoms with Gasteiger partial charge in [0.05, 0.1) is 22.5 Å². The number of hydrogen-bond acceptors (Lipinski definition) is 7. The zero-order chi connectivity index (χ0) is 23.5. The van der Waals surface area contributed by atoms with E-state index in [2.05, 4.69) is 31.7 Å². The van der Waals surface area contributed by atoms with E-state index in [9.17, 15) is 4.79 Å². The largest absolute Gasteiger partial charge is 0.384 e. The van der Waals surface area contributed by atoms with Crippen molar-refractivity contribution in [3.8, 4) is 23.1 Å². The number of carbonyl (C=O) groups excluding carboxylic acids is 1. The number of halogens is 1. The highest BCUT2D eigenvalue weighted by molar-refractivity contribution is 5.95. The van der Waals surface area contributed by atoms with Crippen LogP contribution < -0.4 is 11.5 Å². The summed E-state index contributed by atoms with van der Waals surface area (Å²) < 4.78 is 15.1. The van der Waals surface area contributed by atoms with Gasteiger partial charge in [-0.3, -0.25) is 4.79 Å². The molecule has 1 aliphatic rings. The van der Waals surface area contributed by atoms with Crippen molar-refractivity contribution in [1.29, 1.82) is 0 Å². The quantitative estimate of drug-likeness (QED) is 0.580. The van der Waals surface area contributed by atoms with Crippen LogP contribution in [-0.4, -0.2) is 63.9 Å². The summed E-state index contributed by atoms with van der Waals surface area (Å²) in [5.74, 6) is 5.56. The Kier molecular flexibility index (Phi) is 6.20. The van der Waals surface area contributed by atoms with Crippen molar-refractivity contribution in [3.05, 3.63) is 64.7 Å². The molecule has 4 rings (SSSR count). The number of nitrogen functional groups attached to an aromatic ring is 2. The highest BCUT2D eigenvalue weighted by Crippen LogP contribution is 2.26. The maximum Gasteiger partial charge on any atom is 0.256 e. The molecule has 33 heavy (non-hydrogen) atoms. The third kappa shape index (κ3) is 4.91. The lowest BCUT2D eigenvalue weighted by atomic mass is 10.0. The zero-order valence-electron chi connectivity index (χ0n) is 18.5. The number of aromatic nitrogens is 3. The molecule has 8 nitrogen and oxygen atoms in total. The first-order valence-corrected chi connectivity index (χ1v) is 10.5. The number of hydrogen-bond donors (Lipinski definition) is 2. The maximum atomic E-state index is 15.1. The second-order valence-corrected chi connectivity index (χ2v) is 7.90. The van der Waals surface area contributed by atoms with Gasteiger partial charge < -0.3 is 21.3 Å². The van der Waals surface area contributed by atoms with Crippen LogP contribution in [0.5, 0.6) is 0 Å². The summed E-state index contributed by atoms with van der Waals surface area (Å²) in [5, 5.41) is 0. The fourth-order valence-corrected chi connectivity index (χ4v) is 3.58. The van der Waals surface area contributed by atoms with E-state index < -0.39 is 5.82 Å². The number of pyridine rings is 1. The lowest BCUT2D eigenvalue weighted by Gasteiger charge is -2.32. The average Bonchev–Trinajstić information content (AvgIpc) is 2.79. The summed E-state index contributed by atoms with van der Waals surface area (Å²) in [6, 6.07) is 7.84. The molecule has 9 heteroatoms. The van der Waals surface area contributed by atoms with Gasteiger partial charge in [-0.2, -0.15) is 0 Å². The molecule has 1 aromatic carbocycles. The normalized spacial score (nSPS) is 14.0. The van der Waals surface area contributed by atoms with Crippen molar-refractivity contribution in [3.63, 3.8) is 0 Å². The molecular formula is C24H24FN7O. The van der Waals surface area contributed by atoms with Crippen molar-refractivity contribution in [2.45, 2.75) is 6.92 Å². The molecule has 1 saturated heterocycles. The van der Waals surface area contributed by atoms with Gasteiger partial charge in [0.15, 0.2) is 0 Å². The third-order valence-electron chi connectivity index (χ3n) is 5.49. The van der Waals surface area contributed by atoms with Gasteiger partial charge in [0, 0.05) is 43.5 Å². The number of rotatable bonds is 2. The highest BCUT2D eigenvalue weighted by Gasteiger charge is 2.23. The van der Waals surface area contributed by atoms with Crippen LogP contribution in [0, 0.1) is 24.6 Å². The van der Waals surface area contributed by atoms with Crippen molar-refractivity contribution in [2.75, 3.05) is 44.7 Å². The Balaban J connectivity index is 1.68. The fraction of sp³-hybridized carbons (Fsp3) is 0.250. The molecule has 1 fully saturated rings. The van der Waals surface area contributed by atoms with Gasteiger partial charge in [-0.25, -0.2) is 19.3 Å². The van der Waals surface area contributed by atoms with Gasteiger partial charge >= 0.3 is 0 Å². The van der Waals surface area contributed by atoms with Crippen LogP contribution in [-0.2, 0) is 0 Å². The third-order valence-corrected chi connectivity index (χ3v) is 5.49. The van der Waals surface area contributed by atoms with Gasteiger partial charge in [-0.1, -0.05) is 17.9 Å². The first-order chi connectivity index (χ1) is 15.8. The maximum absolute atomic E-state index is 15.1. The Labute approximate surface area is 191 Å². The topological polar surface area (TPSA) is 114 Å². The van der Waals surface area contributed by atoms with Gasteiger partial charge in [0.25, 0.3) is 5.91 Å². The summed E-state index contributed by atoms with van der Waals surface area (Å²) in [4.78, 5) is 29.1. The Bertz CT molecular complexity index is 1260. The minimum Gasteiger partial charge on any atom is -0.384 e. The van der Waals surface area contributed by atoms with Crippen LogP contribution in [0.15, 0.2) is 36.5 Å². The average molecular weight is 446 g/mol. The second kappa shape index (κ2) is 9.22. The Hall–Kier alpha value is -4.03. The fourth-order valence-electron chi connectivity index (χ4n) is 3.58. The summed E-state index contributed by atoms with van der Waals surface area (Å²) in [5.41, 5.74) is 14.1. The van der Waals surface area contributed by atoms with Crippen molar-refractivity contribution in [2.24, 2.45) is 0 Å². The minimum atomic E-state index is -0.618. The van der Waals surface area contributed by atoms with Crippen LogP contribution in [0.25, 0.3) is 11.3 Å². The molecule has 0 radical (unpaired) electrons. The minimum absolute atomic E-state index is 0.0302. The van der Waals surface area contributed by atoms with E-state index in [1.165, 1.54) is 12.1 Å². The molecular weight excluding hydrogens is 421 g/mol. The first kappa shape index (κ1) is 22.2. The van der Waals surface area contributed by atoms with E-state index in [0.717, 1.165) is 13.1 Å². The molecule has 0 atom stereocenters. The zero-order valence-corrected chi connectivity index (χ0v) is 18.5. The number of nitrogens with two attached hydrogens (primary N) is 2. The van der Waals surface area contributed by atoms with Gasteiger partial charge in [0.2, 0.25) is 5.95 Å². The van der Waals surface area contributed by atoms with Crippen LogP contribution >= 0.6 is 0 Å². The molecule has 0 saturated carbocycles. The molecule has 0 bridgehead atoms. The predicted molar refractivity (Wildman–Crippen MR) is 125 cm³/mol. The van der Waals surface area contributed by atoms with E-state index in [1.54, 1.807) is 36.2 Å². The summed E-state index contributed by atoms with van der Waals surface area (Å²) in [7, 11) is 2.00. The number of nitrogens with zero attached hydrogens (tertiary/aromatic N) is 5. The Morgan fingerprint density at radius 2 is 1.82 bits per heavy atom. The molecule has 2 aromatic heterocycles. The second-order valence-electron chi connectivity index (χ2n) is 7.90. The smallest absolute Gasteiger partial charge is 0.256 e. The molecule has 1 aliphatic heterocycles. The molecule has 4 N–H and O–H groups in total. The number of amides is 1. The van der Waals surface area contributed by atoms with Crippen LogP contribution in [0.4, 0.5) is 16.2 Å². The standard InChI is InChI=1S/C24H24FN7O/c1-15-18(6-3-16-4-8-21(26)28-14-16)22(30-24(27)29-15)17-5-7-19(20(25)13-17)23(33)32-11-9-31(2)10-12-32/h4-5,7-8,13-14H,9-12H2,1-2H3,(H2,26,28)(H2,27,29,30). The molecule has 0 spiro atoms. The van der Waals surface area contributed by atoms with Gasteiger partial charge in [-0.15, -0.1) is 0 Å². The number of piperazine rings is 1. The van der Waals surface area contributed by atoms with Crippen LogP contribution in [0.1, 0.15) is 27.2 Å². The van der Waals surface area contributed by atoms with E-state index >= 15 is 4.39 Å². The molecule has 1 amide bonds. The van der Waals surface area contributed by atoms with Crippen molar-refractivity contribution in [1.82, 2.24) is 24.8 Å². The summed E-state index contributed by atoms with van der Waals surface area (Å²) in [6.45, 7) is 4.41. The monoisotopic (exact) mass is 445 g/mol. The van der Waals surface area contributed by atoms with E-state index in [1.807, 2.05) is 7.05 Å². The number of carbonyl (C=O) groups is 1. The lowest BCUT2D eigenvalue weighted by Crippen LogP contribution is -2.47. The van der Waals surface area contributed by atoms with Crippen molar-refractivity contribution < 1.29 is 9.18 Å². The predicted octanol–water partition coefficient (Wildman–Crippen LogP) is 1.94. The highest BCUT2D eigenvalue weighted by atomic mass is 19.1. The van der Waals surface area contributed by atoms with Crippen LogP contribution in [0.3, 0.4) is 0 Å². The number of aryl methyl sites for hydroxylation is 1. The molecule has 168 valence electrons. The summed E-state index contributed by atoms with van der Waals surface area (Å²) in [6.07, 6.45) is 1.56. The van der Waals surface area contributed by atoms with Gasteiger partial charge in [0.1, 0.15) is 11.6 Å². The number of likely N-dealkylation sites (N-methyl/N-ethyl adjacent to an activating group) is 1. The molecule has 3 heterocycles. The van der Waals surface area contributed by atoms with E-state index in [-0.39, 0.29) is 17.4 Å². The Morgan fingerprint density at radius 3 is 2.48 bits per heavy atom. The van der Waals surface area contributed by atoms with Crippen LogP contribution in [0.2, 0.25) is 0 Å². The number of benzene rings is 1. The SMILES string of the molecule is Cc1nc(N)nc(-c2ccc(C(=O)N3CCN(C)CC3)c(F)c2)c1C#Cc1ccc(N)nc1.